The van der Waals surface area contributed by atoms with E-state index in [0.29, 0.717) is 0 Å². The molecular formula is C8H9N3OS. The van der Waals surface area contributed by atoms with Gasteiger partial charge in [0.2, 0.25) is 0 Å². The Morgan fingerprint density at radius 3 is 3.15 bits per heavy atom. The average molecular weight is 195 g/mol. The Labute approximate surface area is 79.6 Å². The Bertz CT molecular complexity index is 368. The van der Waals surface area contributed by atoms with E-state index in [4.69, 9.17) is 4.42 Å². The molecule has 13 heavy (non-hydrogen) atoms. The molecule has 2 aromatic heterocycles. The maximum Gasteiger partial charge on any atom is 0.151 e. The van der Waals surface area contributed by atoms with Crippen molar-refractivity contribution in [3.05, 3.63) is 23.6 Å². The van der Waals surface area contributed by atoms with Crippen LogP contribution in [-0.4, -0.2) is 17.2 Å². The molecule has 0 fully saturated rings. The normalized spacial score (nSPS) is 10.5. The zero-order valence-electron chi connectivity index (χ0n) is 7.15. The predicted octanol–water partition coefficient (Wildman–Crippen LogP) is 1.52. The van der Waals surface area contributed by atoms with Crippen LogP contribution in [0.2, 0.25) is 0 Å². The molecule has 0 aliphatic carbocycles. The fourth-order valence-electron chi connectivity index (χ4n) is 0.979. The highest BCUT2D eigenvalue weighted by Gasteiger charge is 2.06. The molecule has 2 heterocycles. The van der Waals surface area contributed by atoms with E-state index in [9.17, 15) is 0 Å². The summed E-state index contributed by atoms with van der Waals surface area (Å²) in [5.41, 5.74) is 0.986. The predicted molar refractivity (Wildman–Crippen MR) is 50.4 cm³/mol. The van der Waals surface area contributed by atoms with Gasteiger partial charge in [0.25, 0.3) is 0 Å². The zero-order chi connectivity index (χ0) is 9.10. The van der Waals surface area contributed by atoms with Gasteiger partial charge in [-0.2, -0.15) is 0 Å². The Morgan fingerprint density at radius 1 is 1.54 bits per heavy atom. The molecule has 2 rings (SSSR count). The maximum absolute atomic E-state index is 4.96. The van der Waals surface area contributed by atoms with Crippen molar-refractivity contribution in [3.8, 4) is 10.6 Å². The Balaban J connectivity index is 2.23. The molecule has 0 radical (unpaired) electrons. The topological polar surface area (TPSA) is 51.0 Å². The van der Waals surface area contributed by atoms with Gasteiger partial charge in [-0.1, -0.05) is 11.3 Å². The summed E-state index contributed by atoms with van der Waals surface area (Å²) in [6, 6.07) is 1.88. The van der Waals surface area contributed by atoms with Crippen molar-refractivity contribution < 1.29 is 4.42 Å². The van der Waals surface area contributed by atoms with E-state index in [-0.39, 0.29) is 0 Å². The van der Waals surface area contributed by atoms with Crippen molar-refractivity contribution in [3.63, 3.8) is 0 Å². The first-order valence-electron chi connectivity index (χ1n) is 3.89. The van der Waals surface area contributed by atoms with Gasteiger partial charge in [-0.3, -0.25) is 0 Å². The lowest BCUT2D eigenvalue weighted by atomic mass is 10.4. The van der Waals surface area contributed by atoms with Crippen LogP contribution in [0.3, 0.4) is 0 Å². The molecule has 2 aromatic rings. The highest BCUT2D eigenvalue weighted by Crippen LogP contribution is 2.23. The van der Waals surface area contributed by atoms with Crippen LogP contribution >= 0.6 is 11.3 Å². The second-order valence-corrected chi connectivity index (χ2v) is 3.61. The van der Waals surface area contributed by atoms with Gasteiger partial charge in [0.05, 0.1) is 11.8 Å². The first-order valence-corrected chi connectivity index (χ1v) is 4.71. The third-order valence-electron chi connectivity index (χ3n) is 1.56. The second-order valence-electron chi connectivity index (χ2n) is 2.54. The van der Waals surface area contributed by atoms with Gasteiger partial charge < -0.3 is 9.73 Å². The first-order chi connectivity index (χ1) is 6.40. The molecule has 1 N–H and O–H groups in total. The monoisotopic (exact) mass is 195 g/mol. The number of furan rings is 1. The highest BCUT2D eigenvalue weighted by atomic mass is 32.1. The van der Waals surface area contributed by atoms with E-state index < -0.39 is 0 Å². The molecule has 0 saturated heterocycles. The summed E-state index contributed by atoms with van der Waals surface area (Å²) in [5, 5.41) is 13.0. The molecule has 68 valence electrons. The van der Waals surface area contributed by atoms with Gasteiger partial charge in [0.1, 0.15) is 11.3 Å². The molecular weight excluding hydrogens is 186 g/mol. The largest absolute Gasteiger partial charge is 0.472 e. The smallest absolute Gasteiger partial charge is 0.151 e. The third kappa shape index (κ3) is 1.76. The van der Waals surface area contributed by atoms with Crippen LogP contribution in [-0.2, 0) is 6.54 Å². The van der Waals surface area contributed by atoms with E-state index in [1.54, 1.807) is 23.9 Å². The summed E-state index contributed by atoms with van der Waals surface area (Å²) >= 11 is 1.57. The summed E-state index contributed by atoms with van der Waals surface area (Å²) in [4.78, 5) is 0. The van der Waals surface area contributed by atoms with Crippen LogP contribution in [0.1, 0.15) is 5.01 Å². The molecule has 0 atom stereocenters. The van der Waals surface area contributed by atoms with Crippen molar-refractivity contribution in [1.29, 1.82) is 0 Å². The SMILES string of the molecule is CNCc1nnc(-c2ccoc2)s1. The lowest BCUT2D eigenvalue weighted by molar-refractivity contribution is 0.568. The number of hydrogen-bond donors (Lipinski definition) is 1. The Morgan fingerprint density at radius 2 is 2.46 bits per heavy atom. The third-order valence-corrected chi connectivity index (χ3v) is 2.54. The summed E-state index contributed by atoms with van der Waals surface area (Å²) in [5.74, 6) is 0. The average Bonchev–Trinajstić information content (AvgIpc) is 2.70. The van der Waals surface area contributed by atoms with Crippen LogP contribution in [0, 0.1) is 0 Å². The van der Waals surface area contributed by atoms with Crippen molar-refractivity contribution in [1.82, 2.24) is 15.5 Å². The highest BCUT2D eigenvalue weighted by molar-refractivity contribution is 7.14. The lowest BCUT2D eigenvalue weighted by Crippen LogP contribution is -2.04. The Kier molecular flexibility index (Phi) is 2.37. The van der Waals surface area contributed by atoms with Crippen molar-refractivity contribution in [2.75, 3.05) is 7.05 Å². The zero-order valence-corrected chi connectivity index (χ0v) is 7.97. The van der Waals surface area contributed by atoms with Gasteiger partial charge in [-0.05, 0) is 13.1 Å². The maximum atomic E-state index is 4.96. The van der Waals surface area contributed by atoms with E-state index >= 15 is 0 Å². The molecule has 0 saturated carbocycles. The fourth-order valence-corrected chi connectivity index (χ4v) is 1.82. The summed E-state index contributed by atoms with van der Waals surface area (Å²) in [6.07, 6.45) is 3.30. The molecule has 0 unspecified atom stereocenters. The standard InChI is InChI=1S/C8H9N3OS/c1-9-4-7-10-11-8(13-7)6-2-3-12-5-6/h2-3,5,9H,4H2,1H3. The summed E-state index contributed by atoms with van der Waals surface area (Å²) in [6.45, 7) is 0.759. The molecule has 0 aliphatic rings. The molecule has 4 nitrogen and oxygen atoms in total. The molecule has 0 bridgehead atoms. The molecule has 0 spiro atoms. The van der Waals surface area contributed by atoms with Crippen LogP contribution in [0.5, 0.6) is 0 Å². The second kappa shape index (κ2) is 3.68. The number of rotatable bonds is 3. The van der Waals surface area contributed by atoms with Crippen LogP contribution in [0.25, 0.3) is 10.6 Å². The van der Waals surface area contributed by atoms with E-state index in [2.05, 4.69) is 15.5 Å². The number of nitrogens with one attached hydrogen (secondary N) is 1. The van der Waals surface area contributed by atoms with Crippen molar-refractivity contribution in [2.24, 2.45) is 0 Å². The molecule has 5 heteroatoms. The first kappa shape index (κ1) is 8.40. The summed E-state index contributed by atoms with van der Waals surface area (Å²) < 4.78 is 4.96. The number of aromatic nitrogens is 2. The van der Waals surface area contributed by atoms with E-state index in [1.165, 1.54) is 0 Å². The number of nitrogens with zero attached hydrogens (tertiary/aromatic N) is 2. The van der Waals surface area contributed by atoms with Gasteiger partial charge in [0, 0.05) is 6.54 Å². The van der Waals surface area contributed by atoms with Crippen molar-refractivity contribution >= 4 is 11.3 Å². The van der Waals surface area contributed by atoms with E-state index in [1.807, 2.05) is 13.1 Å². The molecule has 0 amide bonds. The van der Waals surface area contributed by atoms with E-state index in [0.717, 1.165) is 22.1 Å². The number of hydrogen-bond acceptors (Lipinski definition) is 5. The minimum absolute atomic E-state index is 0.759. The fraction of sp³-hybridized carbons (Fsp3) is 0.250. The molecule has 0 aromatic carbocycles. The minimum Gasteiger partial charge on any atom is -0.472 e. The van der Waals surface area contributed by atoms with Crippen molar-refractivity contribution in [2.45, 2.75) is 6.54 Å². The lowest BCUT2D eigenvalue weighted by Gasteiger charge is -1.87. The van der Waals surface area contributed by atoms with Crippen LogP contribution in [0.4, 0.5) is 0 Å². The van der Waals surface area contributed by atoms with Crippen LogP contribution < -0.4 is 5.32 Å². The summed E-state index contributed by atoms with van der Waals surface area (Å²) in [7, 11) is 1.89. The molecule has 0 aliphatic heterocycles. The van der Waals surface area contributed by atoms with Crippen LogP contribution in [0.15, 0.2) is 23.0 Å². The minimum atomic E-state index is 0.759. The van der Waals surface area contributed by atoms with Gasteiger partial charge >= 0.3 is 0 Å². The van der Waals surface area contributed by atoms with Gasteiger partial charge in [0.15, 0.2) is 5.01 Å². The Hall–Kier alpha value is -1.20. The quantitative estimate of drug-likeness (QED) is 0.806. The van der Waals surface area contributed by atoms with Gasteiger partial charge in [-0.15, -0.1) is 10.2 Å². The van der Waals surface area contributed by atoms with Gasteiger partial charge in [-0.25, -0.2) is 0 Å².